The van der Waals surface area contributed by atoms with Crippen molar-refractivity contribution in [3.05, 3.63) is 45.8 Å². The number of thioether (sulfide) groups is 1. The van der Waals surface area contributed by atoms with Crippen molar-refractivity contribution in [1.82, 2.24) is 14.6 Å². The molecule has 0 aliphatic carbocycles. The number of hydrogen-bond acceptors (Lipinski definition) is 11. The molecule has 16 heteroatoms. The van der Waals surface area contributed by atoms with E-state index in [-0.39, 0.29) is 37.1 Å². The zero-order valence-corrected chi connectivity index (χ0v) is 21.9. The highest BCUT2D eigenvalue weighted by Gasteiger charge is 2.38. The van der Waals surface area contributed by atoms with Gasteiger partial charge in [0.1, 0.15) is 16.4 Å². The van der Waals surface area contributed by atoms with E-state index in [0.29, 0.717) is 0 Å². The molecule has 3 rings (SSSR count). The molecule has 12 nitrogen and oxygen atoms in total. The minimum Gasteiger partial charge on any atom is -0.480 e. The van der Waals surface area contributed by atoms with Gasteiger partial charge in [0.05, 0.1) is 22.1 Å². The number of carboxylic acid groups (broad SMARTS) is 1. The second-order valence-electron chi connectivity index (χ2n) is 6.99. The number of thiocarbonyl (C=S) groups is 1. The standard InChI is InChI=1S/C20H18N4O8S4/c1-3-32-17(28)14(15-16(27)24(8-13(25)26)20(33)35-15)12-9-34-19(21-12)22-18(29)23-36(30,31)11-6-4-10(2)5-7-11/h4-7,9H,3,8H2,1-2H3,(H,25,26)(H2,21,22,23,29)/b15-14-. The maximum absolute atomic E-state index is 12.8. The van der Waals surface area contributed by atoms with Gasteiger partial charge in [-0.15, -0.1) is 11.3 Å². The summed E-state index contributed by atoms with van der Waals surface area (Å²) in [6.45, 7) is 2.62. The van der Waals surface area contributed by atoms with E-state index in [0.717, 1.165) is 33.6 Å². The molecule has 1 aliphatic rings. The molecule has 0 spiro atoms. The van der Waals surface area contributed by atoms with Crippen molar-refractivity contribution in [3.63, 3.8) is 0 Å². The predicted molar refractivity (Wildman–Crippen MR) is 136 cm³/mol. The summed E-state index contributed by atoms with van der Waals surface area (Å²) in [4.78, 5) is 53.5. The lowest BCUT2D eigenvalue weighted by Crippen LogP contribution is -2.34. The molecule has 1 saturated heterocycles. The minimum atomic E-state index is -4.15. The molecule has 36 heavy (non-hydrogen) atoms. The number of carboxylic acids is 1. The van der Waals surface area contributed by atoms with Crippen LogP contribution in [0, 0.1) is 6.92 Å². The number of amides is 3. The number of thiazole rings is 1. The highest BCUT2D eigenvalue weighted by atomic mass is 32.2. The smallest absolute Gasteiger partial charge is 0.341 e. The first-order valence-electron chi connectivity index (χ1n) is 9.96. The number of anilines is 1. The summed E-state index contributed by atoms with van der Waals surface area (Å²) in [5.41, 5.74) is 0.524. The monoisotopic (exact) mass is 570 g/mol. The molecule has 1 aromatic carbocycles. The molecule has 1 aromatic heterocycles. The van der Waals surface area contributed by atoms with Gasteiger partial charge in [0, 0.05) is 5.38 Å². The molecule has 2 aromatic rings. The van der Waals surface area contributed by atoms with Gasteiger partial charge in [-0.05, 0) is 26.0 Å². The molecule has 1 fully saturated rings. The highest BCUT2D eigenvalue weighted by molar-refractivity contribution is 8.26. The van der Waals surface area contributed by atoms with Gasteiger partial charge < -0.3 is 9.84 Å². The average Bonchev–Trinajstić information content (AvgIpc) is 3.33. The topological polar surface area (TPSA) is 172 Å². The van der Waals surface area contributed by atoms with Gasteiger partial charge in [0.15, 0.2) is 5.13 Å². The Morgan fingerprint density at radius 1 is 1.22 bits per heavy atom. The van der Waals surface area contributed by atoms with Gasteiger partial charge in [-0.25, -0.2) is 27.7 Å². The summed E-state index contributed by atoms with van der Waals surface area (Å²) in [6.07, 6.45) is 0. The van der Waals surface area contributed by atoms with E-state index in [9.17, 15) is 27.6 Å². The molecule has 0 radical (unpaired) electrons. The van der Waals surface area contributed by atoms with Crippen molar-refractivity contribution in [2.75, 3.05) is 18.5 Å². The summed E-state index contributed by atoms with van der Waals surface area (Å²) in [7, 11) is -4.15. The largest absolute Gasteiger partial charge is 0.480 e. The van der Waals surface area contributed by atoms with Crippen LogP contribution in [-0.2, 0) is 29.1 Å². The first kappa shape index (κ1) is 27.3. The van der Waals surface area contributed by atoms with Crippen molar-refractivity contribution < 1.29 is 37.4 Å². The fraction of sp³-hybridized carbons (Fsp3) is 0.200. The fourth-order valence-corrected chi connectivity index (χ4v) is 5.73. The number of benzene rings is 1. The van der Waals surface area contributed by atoms with E-state index in [4.69, 9.17) is 22.1 Å². The minimum absolute atomic E-state index is 0.0216. The fourth-order valence-electron chi connectivity index (χ4n) is 2.80. The van der Waals surface area contributed by atoms with E-state index in [1.807, 2.05) is 4.72 Å². The number of aryl methyl sites for hydroxylation is 1. The molecule has 0 atom stereocenters. The Hall–Kier alpha value is -3.34. The third-order valence-corrected chi connectivity index (χ3v) is 7.94. The quantitative estimate of drug-likeness (QED) is 0.241. The van der Waals surface area contributed by atoms with E-state index < -0.39 is 40.4 Å². The summed E-state index contributed by atoms with van der Waals surface area (Å²) in [5.74, 6) is -3.01. The number of carbonyl (C=O) groups excluding carboxylic acids is 3. The van der Waals surface area contributed by atoms with Crippen LogP contribution < -0.4 is 10.0 Å². The normalized spacial score (nSPS) is 15.0. The third kappa shape index (κ3) is 6.26. The summed E-state index contributed by atoms with van der Waals surface area (Å²) in [6, 6.07) is 4.75. The zero-order chi connectivity index (χ0) is 26.6. The molecule has 2 heterocycles. The van der Waals surface area contributed by atoms with Crippen LogP contribution in [0.3, 0.4) is 0 Å². The number of urea groups is 1. The number of nitrogens with one attached hydrogen (secondary N) is 2. The second kappa shape index (κ2) is 11.2. The number of ether oxygens (including phenoxy) is 1. The van der Waals surface area contributed by atoms with Crippen molar-refractivity contribution in [2.24, 2.45) is 0 Å². The first-order chi connectivity index (χ1) is 16.9. The highest BCUT2D eigenvalue weighted by Crippen LogP contribution is 2.38. The van der Waals surface area contributed by atoms with Gasteiger partial charge in [-0.1, -0.05) is 41.7 Å². The molecular formula is C20H18N4O8S4. The van der Waals surface area contributed by atoms with Crippen molar-refractivity contribution in [3.8, 4) is 0 Å². The Balaban J connectivity index is 1.85. The zero-order valence-electron chi connectivity index (χ0n) is 18.6. The van der Waals surface area contributed by atoms with E-state index in [1.54, 1.807) is 26.0 Å². The number of esters is 1. The van der Waals surface area contributed by atoms with Gasteiger partial charge in [-0.3, -0.25) is 19.8 Å². The van der Waals surface area contributed by atoms with Gasteiger partial charge in [0.2, 0.25) is 0 Å². The lowest BCUT2D eigenvalue weighted by Gasteiger charge is -2.11. The van der Waals surface area contributed by atoms with E-state index >= 15 is 0 Å². The van der Waals surface area contributed by atoms with E-state index in [2.05, 4.69) is 10.3 Å². The lowest BCUT2D eigenvalue weighted by molar-refractivity contribution is -0.140. The number of aromatic nitrogens is 1. The van der Waals surface area contributed by atoms with Gasteiger partial charge in [-0.2, -0.15) is 0 Å². The van der Waals surface area contributed by atoms with Crippen molar-refractivity contribution >= 4 is 84.2 Å². The summed E-state index contributed by atoms with van der Waals surface area (Å²) >= 11 is 6.65. The number of carbonyl (C=O) groups is 4. The third-order valence-electron chi connectivity index (χ3n) is 4.39. The van der Waals surface area contributed by atoms with Crippen LogP contribution in [0.2, 0.25) is 0 Å². The van der Waals surface area contributed by atoms with Gasteiger partial charge in [0.25, 0.3) is 15.9 Å². The molecule has 3 amide bonds. The van der Waals surface area contributed by atoms with Crippen LogP contribution in [-0.4, -0.2) is 64.8 Å². The molecular weight excluding hydrogens is 553 g/mol. The molecule has 190 valence electrons. The maximum atomic E-state index is 12.8. The van der Waals surface area contributed by atoms with Crippen molar-refractivity contribution in [2.45, 2.75) is 18.7 Å². The van der Waals surface area contributed by atoms with Crippen LogP contribution >= 0.6 is 35.3 Å². The Labute approximate surface area is 218 Å². The second-order valence-corrected chi connectivity index (χ2v) is 11.2. The first-order valence-corrected chi connectivity index (χ1v) is 13.5. The van der Waals surface area contributed by atoms with Crippen molar-refractivity contribution in [1.29, 1.82) is 0 Å². The lowest BCUT2D eigenvalue weighted by atomic mass is 10.2. The number of hydrogen-bond donors (Lipinski definition) is 3. The van der Waals surface area contributed by atoms with Crippen LogP contribution in [0.4, 0.5) is 9.93 Å². The summed E-state index contributed by atoms with van der Waals surface area (Å²) < 4.78 is 31.7. The molecule has 0 unspecified atom stereocenters. The molecule has 0 saturated carbocycles. The maximum Gasteiger partial charge on any atom is 0.341 e. The SMILES string of the molecule is CCOC(=O)/C(=C1\SC(=S)N(CC(=O)O)C1=O)c1csc(NC(=O)NS(=O)(=O)c2ccc(C)cc2)n1. The number of aliphatic carboxylic acids is 1. The molecule has 3 N–H and O–H groups in total. The Bertz CT molecular complexity index is 1380. The molecule has 1 aliphatic heterocycles. The van der Waals surface area contributed by atoms with E-state index in [1.165, 1.54) is 17.5 Å². The van der Waals surface area contributed by atoms with Crippen LogP contribution in [0.15, 0.2) is 39.4 Å². The Morgan fingerprint density at radius 2 is 1.89 bits per heavy atom. The van der Waals surface area contributed by atoms with Gasteiger partial charge >= 0.3 is 18.0 Å². The van der Waals surface area contributed by atoms with Crippen LogP contribution in [0.1, 0.15) is 18.2 Å². The predicted octanol–water partition coefficient (Wildman–Crippen LogP) is 2.18. The average molecular weight is 571 g/mol. The summed E-state index contributed by atoms with van der Waals surface area (Å²) in [5, 5.41) is 12.6. The number of nitrogens with zero attached hydrogens (tertiary/aromatic N) is 2. The molecule has 0 bridgehead atoms. The Morgan fingerprint density at radius 3 is 2.50 bits per heavy atom. The number of rotatable bonds is 8. The Kier molecular flexibility index (Phi) is 8.44. The van der Waals surface area contributed by atoms with Crippen LogP contribution in [0.5, 0.6) is 0 Å². The number of sulfonamides is 1. The van der Waals surface area contributed by atoms with Crippen LogP contribution in [0.25, 0.3) is 5.57 Å².